The molecule has 0 saturated carbocycles. The van der Waals surface area contributed by atoms with Crippen LogP contribution in [0.5, 0.6) is 5.75 Å². The quantitative estimate of drug-likeness (QED) is 0.821. The van der Waals surface area contributed by atoms with E-state index in [0.29, 0.717) is 10.8 Å². The summed E-state index contributed by atoms with van der Waals surface area (Å²) in [5.41, 5.74) is 6.30. The summed E-state index contributed by atoms with van der Waals surface area (Å²) in [6.07, 6.45) is 0.0247. The van der Waals surface area contributed by atoms with Gasteiger partial charge in [-0.2, -0.15) is 0 Å². The van der Waals surface area contributed by atoms with Crippen molar-refractivity contribution in [3.63, 3.8) is 0 Å². The number of rotatable bonds is 6. The molecular weight excluding hydrogens is 308 g/mol. The van der Waals surface area contributed by atoms with Crippen LogP contribution >= 0.6 is 11.6 Å². The van der Waals surface area contributed by atoms with Crippen LogP contribution in [0.15, 0.2) is 18.2 Å². The second kappa shape index (κ2) is 7.08. The van der Waals surface area contributed by atoms with Crippen molar-refractivity contribution in [1.29, 1.82) is 0 Å². The summed E-state index contributed by atoms with van der Waals surface area (Å²) >= 11 is 5.99. The van der Waals surface area contributed by atoms with Crippen LogP contribution in [0.3, 0.4) is 0 Å². The first kappa shape index (κ1) is 16.0. The standard InChI is InChI=1S/C13H17ClN6O2/c1-8(2)22-11-4-3-10(14)5-9(11)6-16-12(21)7-20-13(15)17-18-19-20/h3-5,8H,6-7H2,1-2H3,(H,16,21)(H2,15,17,19). The normalized spacial score (nSPS) is 10.7. The second-order valence-corrected chi connectivity index (χ2v) is 5.33. The first-order chi connectivity index (χ1) is 10.5. The third kappa shape index (κ3) is 4.32. The Morgan fingerprint density at radius 1 is 1.50 bits per heavy atom. The van der Waals surface area contributed by atoms with Crippen molar-refractivity contribution in [2.24, 2.45) is 0 Å². The monoisotopic (exact) mass is 324 g/mol. The Hall–Kier alpha value is -2.35. The van der Waals surface area contributed by atoms with Crippen molar-refractivity contribution in [3.05, 3.63) is 28.8 Å². The number of aromatic nitrogens is 4. The molecule has 0 aliphatic rings. The van der Waals surface area contributed by atoms with Gasteiger partial charge in [0.25, 0.3) is 0 Å². The third-order valence-corrected chi connectivity index (χ3v) is 2.95. The van der Waals surface area contributed by atoms with Gasteiger partial charge in [-0.25, -0.2) is 4.68 Å². The molecule has 22 heavy (non-hydrogen) atoms. The average molecular weight is 325 g/mol. The van der Waals surface area contributed by atoms with Gasteiger partial charge in [0.05, 0.1) is 6.10 Å². The van der Waals surface area contributed by atoms with Crippen molar-refractivity contribution < 1.29 is 9.53 Å². The molecule has 0 radical (unpaired) electrons. The lowest BCUT2D eigenvalue weighted by Gasteiger charge is -2.15. The number of nitrogens with zero attached hydrogens (tertiary/aromatic N) is 4. The van der Waals surface area contributed by atoms with Gasteiger partial charge in [-0.15, -0.1) is 0 Å². The number of tetrazole rings is 1. The summed E-state index contributed by atoms with van der Waals surface area (Å²) in [6, 6.07) is 5.28. The van der Waals surface area contributed by atoms with Crippen LogP contribution in [0.4, 0.5) is 5.95 Å². The molecule has 0 atom stereocenters. The maximum absolute atomic E-state index is 11.9. The lowest BCUT2D eigenvalue weighted by atomic mass is 10.2. The molecule has 0 saturated heterocycles. The minimum atomic E-state index is -0.269. The zero-order valence-corrected chi connectivity index (χ0v) is 13.0. The molecule has 0 aliphatic heterocycles. The second-order valence-electron chi connectivity index (χ2n) is 4.89. The zero-order valence-electron chi connectivity index (χ0n) is 12.3. The highest BCUT2D eigenvalue weighted by Gasteiger charge is 2.11. The fourth-order valence-corrected chi connectivity index (χ4v) is 1.96. The number of nitrogens with one attached hydrogen (secondary N) is 1. The Balaban J connectivity index is 1.99. The number of benzene rings is 1. The van der Waals surface area contributed by atoms with E-state index in [2.05, 4.69) is 20.8 Å². The number of nitrogens with two attached hydrogens (primary N) is 1. The molecule has 3 N–H and O–H groups in total. The molecule has 0 fully saturated rings. The summed E-state index contributed by atoms with van der Waals surface area (Å²) in [5, 5.41) is 13.8. The predicted molar refractivity (Wildman–Crippen MR) is 81.3 cm³/mol. The summed E-state index contributed by atoms with van der Waals surface area (Å²) in [5.74, 6) is 0.498. The van der Waals surface area contributed by atoms with E-state index in [9.17, 15) is 4.79 Å². The SMILES string of the molecule is CC(C)Oc1ccc(Cl)cc1CNC(=O)Cn1nnnc1N. The Kier molecular flexibility index (Phi) is 5.16. The Morgan fingerprint density at radius 2 is 2.27 bits per heavy atom. The summed E-state index contributed by atoms with van der Waals surface area (Å²) < 4.78 is 6.90. The molecule has 0 unspecified atom stereocenters. The molecule has 0 spiro atoms. The molecule has 9 heteroatoms. The fraction of sp³-hybridized carbons (Fsp3) is 0.385. The highest BCUT2D eigenvalue weighted by molar-refractivity contribution is 6.30. The molecule has 2 rings (SSSR count). The molecule has 0 bridgehead atoms. The molecule has 1 amide bonds. The van der Waals surface area contributed by atoms with E-state index in [4.69, 9.17) is 22.1 Å². The first-order valence-corrected chi connectivity index (χ1v) is 7.07. The fourth-order valence-electron chi connectivity index (χ4n) is 1.76. The first-order valence-electron chi connectivity index (χ1n) is 6.69. The maximum atomic E-state index is 11.9. The van der Waals surface area contributed by atoms with Gasteiger partial charge in [0.1, 0.15) is 12.3 Å². The molecular formula is C13H17ClN6O2. The average Bonchev–Trinajstić information content (AvgIpc) is 2.84. The van der Waals surface area contributed by atoms with Gasteiger partial charge in [-0.1, -0.05) is 16.7 Å². The molecule has 8 nitrogen and oxygen atoms in total. The highest BCUT2D eigenvalue weighted by atomic mass is 35.5. The lowest BCUT2D eigenvalue weighted by molar-refractivity contribution is -0.122. The van der Waals surface area contributed by atoms with Gasteiger partial charge in [-0.3, -0.25) is 4.79 Å². The number of amides is 1. The van der Waals surface area contributed by atoms with Crippen molar-refractivity contribution in [2.75, 3.05) is 5.73 Å². The minimum absolute atomic E-state index is 0.0247. The summed E-state index contributed by atoms with van der Waals surface area (Å²) in [7, 11) is 0. The number of hydrogen-bond acceptors (Lipinski definition) is 6. The van der Waals surface area contributed by atoms with Crippen LogP contribution in [0.1, 0.15) is 19.4 Å². The molecule has 1 heterocycles. The number of hydrogen-bond donors (Lipinski definition) is 2. The Morgan fingerprint density at radius 3 is 2.91 bits per heavy atom. The number of nitrogen functional groups attached to an aromatic ring is 1. The van der Waals surface area contributed by atoms with Crippen LogP contribution in [0.2, 0.25) is 5.02 Å². The summed E-state index contributed by atoms with van der Waals surface area (Å²) in [4.78, 5) is 11.9. The van der Waals surface area contributed by atoms with E-state index < -0.39 is 0 Å². The number of anilines is 1. The molecule has 2 aromatic rings. The van der Waals surface area contributed by atoms with E-state index in [1.54, 1.807) is 18.2 Å². The van der Waals surface area contributed by atoms with Crippen LogP contribution < -0.4 is 15.8 Å². The van der Waals surface area contributed by atoms with Gasteiger partial charge >= 0.3 is 0 Å². The Labute approximate surface area is 132 Å². The number of carbonyl (C=O) groups excluding carboxylic acids is 1. The van der Waals surface area contributed by atoms with Crippen LogP contribution in [0, 0.1) is 0 Å². The highest BCUT2D eigenvalue weighted by Crippen LogP contribution is 2.23. The van der Waals surface area contributed by atoms with Crippen molar-refractivity contribution in [1.82, 2.24) is 25.5 Å². The van der Waals surface area contributed by atoms with Crippen LogP contribution in [0.25, 0.3) is 0 Å². The molecule has 1 aromatic heterocycles. The summed E-state index contributed by atoms with van der Waals surface area (Å²) in [6.45, 7) is 4.08. The zero-order chi connectivity index (χ0) is 16.1. The van der Waals surface area contributed by atoms with Gasteiger partial charge in [-0.05, 0) is 42.5 Å². The Bertz CT molecular complexity index is 658. The van der Waals surface area contributed by atoms with Gasteiger partial charge in [0.2, 0.25) is 11.9 Å². The van der Waals surface area contributed by atoms with E-state index >= 15 is 0 Å². The molecule has 1 aromatic carbocycles. The van der Waals surface area contributed by atoms with Crippen molar-refractivity contribution in [3.8, 4) is 5.75 Å². The number of halogens is 1. The largest absolute Gasteiger partial charge is 0.491 e. The predicted octanol–water partition coefficient (Wildman–Crippen LogP) is 1.01. The van der Waals surface area contributed by atoms with Gasteiger partial charge in [0.15, 0.2) is 0 Å². The number of ether oxygens (including phenoxy) is 1. The van der Waals surface area contributed by atoms with Crippen molar-refractivity contribution >= 4 is 23.5 Å². The van der Waals surface area contributed by atoms with E-state index in [1.807, 2.05) is 13.8 Å². The van der Waals surface area contributed by atoms with Gasteiger partial charge in [0, 0.05) is 17.1 Å². The number of carbonyl (C=O) groups is 1. The lowest BCUT2D eigenvalue weighted by Crippen LogP contribution is -2.28. The maximum Gasteiger partial charge on any atom is 0.242 e. The van der Waals surface area contributed by atoms with Crippen molar-refractivity contribution in [2.45, 2.75) is 33.0 Å². The van der Waals surface area contributed by atoms with Crippen LogP contribution in [-0.2, 0) is 17.9 Å². The van der Waals surface area contributed by atoms with Crippen LogP contribution in [-0.4, -0.2) is 32.2 Å². The van der Waals surface area contributed by atoms with E-state index in [0.717, 1.165) is 5.56 Å². The van der Waals surface area contributed by atoms with E-state index in [1.165, 1.54) is 4.68 Å². The topological polar surface area (TPSA) is 108 Å². The molecule has 0 aliphatic carbocycles. The van der Waals surface area contributed by atoms with E-state index in [-0.39, 0.29) is 31.0 Å². The smallest absolute Gasteiger partial charge is 0.242 e. The molecule has 118 valence electrons. The van der Waals surface area contributed by atoms with Gasteiger partial charge < -0.3 is 15.8 Å². The third-order valence-electron chi connectivity index (χ3n) is 2.71. The minimum Gasteiger partial charge on any atom is -0.491 e.